The molecule has 2 rings (SSSR count). The van der Waals surface area contributed by atoms with Gasteiger partial charge in [-0.15, -0.1) is 0 Å². The van der Waals surface area contributed by atoms with E-state index in [4.69, 9.17) is 17.3 Å². The number of benzene rings is 1. The van der Waals surface area contributed by atoms with Crippen molar-refractivity contribution in [2.24, 2.45) is 5.92 Å². The molecular formula is C20H27ClN4O. The van der Waals surface area contributed by atoms with Crippen molar-refractivity contribution in [3.8, 4) is 11.1 Å². The summed E-state index contributed by atoms with van der Waals surface area (Å²) in [6, 6.07) is 7.41. The highest BCUT2D eigenvalue weighted by molar-refractivity contribution is 6.30. The number of carbonyl (C=O) groups is 1. The van der Waals surface area contributed by atoms with Gasteiger partial charge in [-0.2, -0.15) is 4.98 Å². The molecular weight excluding hydrogens is 348 g/mol. The summed E-state index contributed by atoms with van der Waals surface area (Å²) in [6.45, 7) is 6.17. The van der Waals surface area contributed by atoms with Crippen molar-refractivity contribution in [1.29, 1.82) is 0 Å². The van der Waals surface area contributed by atoms with E-state index in [9.17, 15) is 4.79 Å². The second kappa shape index (κ2) is 9.53. The van der Waals surface area contributed by atoms with Crippen LogP contribution < -0.4 is 11.1 Å². The fourth-order valence-electron chi connectivity index (χ4n) is 3.09. The lowest BCUT2D eigenvalue weighted by Gasteiger charge is -2.16. The first-order valence-corrected chi connectivity index (χ1v) is 9.61. The zero-order chi connectivity index (χ0) is 19.1. The third kappa shape index (κ3) is 4.94. The van der Waals surface area contributed by atoms with Gasteiger partial charge in [0.25, 0.3) is 0 Å². The van der Waals surface area contributed by atoms with Crippen LogP contribution in [0.5, 0.6) is 0 Å². The van der Waals surface area contributed by atoms with Gasteiger partial charge >= 0.3 is 0 Å². The Hall–Kier alpha value is -2.14. The molecule has 0 spiro atoms. The number of hydrogen-bond acceptors (Lipinski definition) is 4. The average molecular weight is 375 g/mol. The number of carbonyl (C=O) groups excluding carboxylic acids is 1. The zero-order valence-corrected chi connectivity index (χ0v) is 16.4. The van der Waals surface area contributed by atoms with Gasteiger partial charge in [0.15, 0.2) is 0 Å². The summed E-state index contributed by atoms with van der Waals surface area (Å²) in [6.07, 6.45) is 4.34. The molecule has 3 N–H and O–H groups in total. The number of nitrogen functional groups attached to an aromatic ring is 1. The number of aryl methyl sites for hydroxylation is 1. The van der Waals surface area contributed by atoms with Gasteiger partial charge < -0.3 is 5.73 Å². The molecule has 0 radical (unpaired) electrons. The molecule has 5 nitrogen and oxygen atoms in total. The smallest absolute Gasteiger partial charge is 0.231 e. The van der Waals surface area contributed by atoms with Crippen molar-refractivity contribution in [2.75, 3.05) is 11.1 Å². The molecule has 0 saturated heterocycles. The van der Waals surface area contributed by atoms with E-state index in [1.165, 1.54) is 0 Å². The quantitative estimate of drug-likeness (QED) is 0.673. The number of halogens is 1. The Bertz CT molecular complexity index is 740. The highest BCUT2D eigenvalue weighted by atomic mass is 35.5. The van der Waals surface area contributed by atoms with Gasteiger partial charge in [0.05, 0.1) is 5.69 Å². The van der Waals surface area contributed by atoms with Crippen LogP contribution >= 0.6 is 11.6 Å². The van der Waals surface area contributed by atoms with Crippen LogP contribution in [0.1, 0.15) is 52.1 Å². The first-order valence-electron chi connectivity index (χ1n) is 9.23. The number of nitrogens with one attached hydrogen (secondary N) is 1. The maximum Gasteiger partial charge on any atom is 0.231 e. The summed E-state index contributed by atoms with van der Waals surface area (Å²) in [5.41, 5.74) is 8.71. The predicted octanol–water partition coefficient (Wildman–Crippen LogP) is 5.10. The lowest BCUT2D eigenvalue weighted by Crippen LogP contribution is -2.24. The maximum atomic E-state index is 12.5. The molecule has 0 atom stereocenters. The molecule has 6 heteroatoms. The van der Waals surface area contributed by atoms with Crippen LogP contribution in [0.4, 0.5) is 11.8 Å². The Labute approximate surface area is 160 Å². The molecule has 0 saturated carbocycles. The first kappa shape index (κ1) is 20.2. The lowest BCUT2D eigenvalue weighted by atomic mass is 9.97. The minimum Gasteiger partial charge on any atom is -0.383 e. The molecule has 0 fully saturated rings. The average Bonchev–Trinajstić information content (AvgIpc) is 2.62. The van der Waals surface area contributed by atoms with E-state index < -0.39 is 0 Å². The van der Waals surface area contributed by atoms with E-state index in [1.807, 2.05) is 31.2 Å². The number of hydrogen-bond donors (Lipinski definition) is 2. The number of amides is 1. The van der Waals surface area contributed by atoms with Crippen molar-refractivity contribution in [3.05, 3.63) is 35.0 Å². The lowest BCUT2D eigenvalue weighted by molar-refractivity contribution is -0.120. The van der Waals surface area contributed by atoms with Crippen molar-refractivity contribution in [3.63, 3.8) is 0 Å². The molecule has 0 aliphatic heterocycles. The minimum atomic E-state index is -0.0330. The Kier molecular flexibility index (Phi) is 7.39. The Morgan fingerprint density at radius 3 is 2.27 bits per heavy atom. The fraction of sp³-hybridized carbons (Fsp3) is 0.450. The third-order valence-electron chi connectivity index (χ3n) is 4.36. The molecule has 0 aliphatic carbocycles. The second-order valence-electron chi connectivity index (χ2n) is 6.38. The van der Waals surface area contributed by atoms with E-state index in [2.05, 4.69) is 29.1 Å². The summed E-state index contributed by atoms with van der Waals surface area (Å²) in [4.78, 5) is 21.4. The van der Waals surface area contributed by atoms with Crippen molar-refractivity contribution in [2.45, 2.75) is 52.9 Å². The minimum absolute atomic E-state index is 0.0177. The highest BCUT2D eigenvalue weighted by Gasteiger charge is 2.19. The summed E-state index contributed by atoms with van der Waals surface area (Å²) in [7, 11) is 0. The van der Waals surface area contributed by atoms with Gasteiger partial charge in [-0.1, -0.05) is 57.3 Å². The van der Waals surface area contributed by atoms with Crippen LogP contribution in [0, 0.1) is 5.92 Å². The number of anilines is 2. The van der Waals surface area contributed by atoms with Gasteiger partial charge in [0.2, 0.25) is 11.9 Å². The Morgan fingerprint density at radius 2 is 1.73 bits per heavy atom. The van der Waals surface area contributed by atoms with Crippen LogP contribution in [0.3, 0.4) is 0 Å². The maximum absolute atomic E-state index is 12.5. The summed E-state index contributed by atoms with van der Waals surface area (Å²) in [5, 5.41) is 3.51. The molecule has 1 heterocycles. The molecule has 1 aromatic heterocycles. The van der Waals surface area contributed by atoms with E-state index in [1.54, 1.807) is 0 Å². The summed E-state index contributed by atoms with van der Waals surface area (Å²) in [5.74, 6) is 0.585. The largest absolute Gasteiger partial charge is 0.383 e. The van der Waals surface area contributed by atoms with E-state index in [0.717, 1.165) is 42.5 Å². The van der Waals surface area contributed by atoms with Crippen LogP contribution in [0.25, 0.3) is 11.1 Å². The molecule has 0 bridgehead atoms. The Balaban J connectivity index is 2.30. The van der Waals surface area contributed by atoms with Gasteiger partial charge in [0, 0.05) is 16.5 Å². The molecule has 140 valence electrons. The monoisotopic (exact) mass is 374 g/mol. The van der Waals surface area contributed by atoms with Gasteiger partial charge in [-0.05, 0) is 37.0 Å². The molecule has 0 aliphatic rings. The first-order chi connectivity index (χ1) is 12.5. The van der Waals surface area contributed by atoms with E-state index in [-0.39, 0.29) is 17.8 Å². The second-order valence-corrected chi connectivity index (χ2v) is 6.81. The topological polar surface area (TPSA) is 80.9 Å². The SMILES string of the molecule is CCCC(CCC)C(=O)Nc1nc(N)c(-c2ccc(Cl)cc2)c(CC)n1. The van der Waals surface area contributed by atoms with Crippen molar-refractivity contribution in [1.82, 2.24) is 9.97 Å². The van der Waals surface area contributed by atoms with E-state index in [0.29, 0.717) is 17.3 Å². The van der Waals surface area contributed by atoms with Crippen LogP contribution in [-0.4, -0.2) is 15.9 Å². The molecule has 1 amide bonds. The Morgan fingerprint density at radius 1 is 1.12 bits per heavy atom. The van der Waals surface area contributed by atoms with Crippen LogP contribution in [0.2, 0.25) is 5.02 Å². The van der Waals surface area contributed by atoms with E-state index >= 15 is 0 Å². The number of nitrogens with two attached hydrogens (primary N) is 1. The number of rotatable bonds is 8. The highest BCUT2D eigenvalue weighted by Crippen LogP contribution is 2.30. The van der Waals surface area contributed by atoms with Crippen molar-refractivity contribution < 1.29 is 4.79 Å². The standard InChI is InChI=1S/C20H27ClN4O/c1-4-7-14(8-5-2)19(26)25-20-23-16(6-3)17(18(22)24-20)13-9-11-15(21)12-10-13/h9-12,14H,4-8H2,1-3H3,(H3,22,23,24,25,26). The number of nitrogens with zero attached hydrogens (tertiary/aromatic N) is 2. The fourth-order valence-corrected chi connectivity index (χ4v) is 3.21. The summed E-state index contributed by atoms with van der Waals surface area (Å²) < 4.78 is 0. The van der Waals surface area contributed by atoms with Crippen LogP contribution in [-0.2, 0) is 11.2 Å². The van der Waals surface area contributed by atoms with Crippen LogP contribution in [0.15, 0.2) is 24.3 Å². The van der Waals surface area contributed by atoms with Crippen molar-refractivity contribution >= 4 is 29.3 Å². The third-order valence-corrected chi connectivity index (χ3v) is 4.61. The van der Waals surface area contributed by atoms with Gasteiger partial charge in [-0.3, -0.25) is 10.1 Å². The zero-order valence-electron chi connectivity index (χ0n) is 15.7. The van der Waals surface area contributed by atoms with Gasteiger partial charge in [-0.25, -0.2) is 4.98 Å². The number of aromatic nitrogens is 2. The summed E-state index contributed by atoms with van der Waals surface area (Å²) >= 11 is 5.97. The normalized spacial score (nSPS) is 11.0. The molecule has 1 aromatic carbocycles. The predicted molar refractivity (Wildman–Crippen MR) is 108 cm³/mol. The van der Waals surface area contributed by atoms with Gasteiger partial charge in [0.1, 0.15) is 5.82 Å². The molecule has 2 aromatic rings. The molecule has 26 heavy (non-hydrogen) atoms. The molecule has 0 unspecified atom stereocenters.